The van der Waals surface area contributed by atoms with E-state index in [0.29, 0.717) is 11.1 Å². The van der Waals surface area contributed by atoms with Crippen LogP contribution in [0.25, 0.3) is 11.0 Å². The van der Waals surface area contributed by atoms with Crippen molar-refractivity contribution in [1.82, 2.24) is 9.97 Å². The van der Waals surface area contributed by atoms with Crippen LogP contribution in [0.2, 0.25) is 0 Å². The zero-order valence-corrected chi connectivity index (χ0v) is 8.19. The second-order valence-corrected chi connectivity index (χ2v) is 2.93. The van der Waals surface area contributed by atoms with Gasteiger partial charge in [0.15, 0.2) is 6.79 Å². The number of H-pyrrole nitrogens is 1. The first-order valence-electron chi connectivity index (χ1n) is 4.41. The molecule has 0 aliphatic carbocycles. The number of carbonyl (C=O) groups is 1. The average molecular weight is 206 g/mol. The zero-order chi connectivity index (χ0) is 10.7. The number of aromatic nitrogens is 2. The zero-order valence-electron chi connectivity index (χ0n) is 8.19. The number of rotatable bonds is 3. The third-order valence-electron chi connectivity index (χ3n) is 1.98. The summed E-state index contributed by atoms with van der Waals surface area (Å²) < 4.78 is 9.50. The second kappa shape index (κ2) is 4.10. The topological polar surface area (TPSA) is 64.2 Å². The van der Waals surface area contributed by atoms with Crippen molar-refractivity contribution in [2.24, 2.45) is 0 Å². The Labute approximate surface area is 86.0 Å². The molecule has 2 rings (SSSR count). The Bertz CT molecular complexity index is 478. The molecule has 2 aromatic rings. The van der Waals surface area contributed by atoms with Crippen LogP contribution in [-0.2, 0) is 9.47 Å². The molecule has 2 heterocycles. The Morgan fingerprint density at radius 1 is 1.53 bits per heavy atom. The molecule has 0 aliphatic heterocycles. The summed E-state index contributed by atoms with van der Waals surface area (Å²) in [6.07, 6.45) is 3.30. The smallest absolute Gasteiger partial charge is 0.342 e. The molecule has 0 saturated heterocycles. The molecular formula is C10H10N2O3. The maximum absolute atomic E-state index is 11.6. The molecule has 0 aliphatic rings. The fourth-order valence-corrected chi connectivity index (χ4v) is 1.32. The summed E-state index contributed by atoms with van der Waals surface area (Å²) in [6.45, 7) is -0.0522. The molecule has 0 amide bonds. The Morgan fingerprint density at radius 2 is 2.40 bits per heavy atom. The number of aromatic amines is 1. The molecule has 1 N–H and O–H groups in total. The van der Waals surface area contributed by atoms with Gasteiger partial charge in [-0.25, -0.2) is 4.79 Å². The molecule has 0 atom stereocenters. The first-order chi connectivity index (χ1) is 7.33. The van der Waals surface area contributed by atoms with Crippen LogP contribution in [0.4, 0.5) is 0 Å². The minimum atomic E-state index is -0.424. The van der Waals surface area contributed by atoms with Crippen molar-refractivity contribution in [2.75, 3.05) is 13.9 Å². The van der Waals surface area contributed by atoms with Gasteiger partial charge in [0, 0.05) is 19.5 Å². The van der Waals surface area contributed by atoms with E-state index in [9.17, 15) is 4.79 Å². The SMILES string of the molecule is COCOC(=O)c1ccnc2cc[nH]c12. The van der Waals surface area contributed by atoms with E-state index in [1.165, 1.54) is 7.11 Å². The lowest BCUT2D eigenvalue weighted by Gasteiger charge is -2.03. The molecule has 0 fully saturated rings. The van der Waals surface area contributed by atoms with Crippen molar-refractivity contribution in [1.29, 1.82) is 0 Å². The molecule has 0 aromatic carbocycles. The molecule has 5 heteroatoms. The maximum Gasteiger partial charge on any atom is 0.342 e. The van der Waals surface area contributed by atoms with Gasteiger partial charge in [-0.05, 0) is 12.1 Å². The number of hydrogen-bond acceptors (Lipinski definition) is 4. The standard InChI is InChI=1S/C10H10N2O3/c1-14-6-15-10(13)7-2-4-11-8-3-5-12-9(7)8/h2-5,12H,6H2,1H3. The fourth-order valence-electron chi connectivity index (χ4n) is 1.32. The lowest BCUT2D eigenvalue weighted by Crippen LogP contribution is -2.08. The number of hydrogen-bond donors (Lipinski definition) is 1. The Morgan fingerprint density at radius 3 is 3.20 bits per heavy atom. The highest BCUT2D eigenvalue weighted by molar-refractivity contribution is 6.01. The van der Waals surface area contributed by atoms with Crippen LogP contribution in [-0.4, -0.2) is 29.8 Å². The van der Waals surface area contributed by atoms with Crippen molar-refractivity contribution in [3.63, 3.8) is 0 Å². The summed E-state index contributed by atoms with van der Waals surface area (Å²) in [4.78, 5) is 18.6. The molecule has 15 heavy (non-hydrogen) atoms. The van der Waals surface area contributed by atoms with E-state index in [0.717, 1.165) is 5.52 Å². The van der Waals surface area contributed by atoms with Gasteiger partial charge in [-0.3, -0.25) is 4.98 Å². The summed E-state index contributed by atoms with van der Waals surface area (Å²) in [5.74, 6) is -0.424. The average Bonchev–Trinajstić information content (AvgIpc) is 2.73. The molecule has 0 bridgehead atoms. The number of ether oxygens (including phenoxy) is 2. The normalized spacial score (nSPS) is 10.5. The number of esters is 1. The van der Waals surface area contributed by atoms with Crippen molar-refractivity contribution < 1.29 is 14.3 Å². The minimum Gasteiger partial charge on any atom is -0.435 e. The van der Waals surface area contributed by atoms with Gasteiger partial charge in [-0.2, -0.15) is 0 Å². The second-order valence-electron chi connectivity index (χ2n) is 2.93. The van der Waals surface area contributed by atoms with Gasteiger partial charge in [0.2, 0.25) is 0 Å². The Hall–Kier alpha value is -1.88. The lowest BCUT2D eigenvalue weighted by molar-refractivity contribution is -0.0123. The molecule has 78 valence electrons. The Kier molecular flexibility index (Phi) is 2.64. The minimum absolute atomic E-state index is 0.0522. The molecule has 0 spiro atoms. The number of methoxy groups -OCH3 is 1. The van der Waals surface area contributed by atoms with Crippen molar-refractivity contribution >= 4 is 17.0 Å². The van der Waals surface area contributed by atoms with Gasteiger partial charge < -0.3 is 14.5 Å². The summed E-state index contributed by atoms with van der Waals surface area (Å²) in [6, 6.07) is 3.40. The van der Waals surface area contributed by atoms with Gasteiger partial charge in [0.1, 0.15) is 0 Å². The number of nitrogens with one attached hydrogen (secondary N) is 1. The number of fused-ring (bicyclic) bond motifs is 1. The van der Waals surface area contributed by atoms with E-state index in [4.69, 9.17) is 4.74 Å². The molecule has 0 radical (unpaired) electrons. The van der Waals surface area contributed by atoms with Gasteiger partial charge in [-0.15, -0.1) is 0 Å². The molecular weight excluding hydrogens is 196 g/mol. The predicted molar refractivity (Wildman–Crippen MR) is 53.4 cm³/mol. The van der Waals surface area contributed by atoms with E-state index in [2.05, 4.69) is 14.7 Å². The third-order valence-corrected chi connectivity index (χ3v) is 1.98. The first kappa shape index (κ1) is 9.67. The molecule has 2 aromatic heterocycles. The van der Waals surface area contributed by atoms with Gasteiger partial charge in [0.25, 0.3) is 0 Å². The van der Waals surface area contributed by atoms with E-state index in [1.807, 2.05) is 0 Å². The quantitative estimate of drug-likeness (QED) is 0.607. The van der Waals surface area contributed by atoms with E-state index < -0.39 is 5.97 Å². The largest absolute Gasteiger partial charge is 0.435 e. The summed E-state index contributed by atoms with van der Waals surface area (Å²) >= 11 is 0. The van der Waals surface area contributed by atoms with Crippen molar-refractivity contribution in [3.8, 4) is 0 Å². The monoisotopic (exact) mass is 206 g/mol. The highest BCUT2D eigenvalue weighted by Gasteiger charge is 2.12. The van der Waals surface area contributed by atoms with Crippen LogP contribution in [0.5, 0.6) is 0 Å². The van der Waals surface area contributed by atoms with E-state index in [-0.39, 0.29) is 6.79 Å². The van der Waals surface area contributed by atoms with Crippen LogP contribution in [0.1, 0.15) is 10.4 Å². The van der Waals surface area contributed by atoms with Crippen LogP contribution >= 0.6 is 0 Å². The summed E-state index contributed by atoms with van der Waals surface area (Å²) in [5.41, 5.74) is 1.88. The number of carbonyl (C=O) groups excluding carboxylic acids is 1. The van der Waals surface area contributed by atoms with Gasteiger partial charge >= 0.3 is 5.97 Å². The Balaban J connectivity index is 2.34. The lowest BCUT2D eigenvalue weighted by atomic mass is 10.2. The number of nitrogens with zero attached hydrogens (tertiary/aromatic N) is 1. The van der Waals surface area contributed by atoms with Gasteiger partial charge in [0.05, 0.1) is 16.6 Å². The molecule has 0 unspecified atom stereocenters. The van der Waals surface area contributed by atoms with Crippen LogP contribution < -0.4 is 0 Å². The van der Waals surface area contributed by atoms with Crippen LogP contribution in [0.15, 0.2) is 24.5 Å². The highest BCUT2D eigenvalue weighted by Crippen LogP contribution is 2.15. The van der Waals surface area contributed by atoms with Gasteiger partial charge in [-0.1, -0.05) is 0 Å². The number of pyridine rings is 1. The predicted octanol–water partition coefficient (Wildman–Crippen LogP) is 1.32. The summed E-state index contributed by atoms with van der Waals surface area (Å²) in [7, 11) is 1.46. The third kappa shape index (κ3) is 1.82. The summed E-state index contributed by atoms with van der Waals surface area (Å²) in [5, 5.41) is 0. The highest BCUT2D eigenvalue weighted by atomic mass is 16.7. The van der Waals surface area contributed by atoms with E-state index in [1.54, 1.807) is 24.5 Å². The molecule has 0 saturated carbocycles. The van der Waals surface area contributed by atoms with Crippen molar-refractivity contribution in [3.05, 3.63) is 30.1 Å². The fraction of sp³-hybridized carbons (Fsp3) is 0.200. The molecule has 5 nitrogen and oxygen atoms in total. The van der Waals surface area contributed by atoms with Crippen molar-refractivity contribution in [2.45, 2.75) is 0 Å². The van der Waals surface area contributed by atoms with Crippen LogP contribution in [0, 0.1) is 0 Å². The van der Waals surface area contributed by atoms with E-state index >= 15 is 0 Å². The first-order valence-corrected chi connectivity index (χ1v) is 4.41. The van der Waals surface area contributed by atoms with Crippen LogP contribution in [0.3, 0.4) is 0 Å². The maximum atomic E-state index is 11.6.